The first kappa shape index (κ1) is 13.2. The fourth-order valence-corrected chi connectivity index (χ4v) is 2.80. The van der Waals surface area contributed by atoms with Crippen LogP contribution < -0.4 is 5.73 Å². The maximum Gasteiger partial charge on any atom is 0.128 e. The minimum absolute atomic E-state index is 0.211. The first-order valence-electron chi connectivity index (χ1n) is 6.88. The summed E-state index contributed by atoms with van der Waals surface area (Å²) >= 11 is 0. The number of benzene rings is 1. The van der Waals surface area contributed by atoms with Crippen LogP contribution in [0.4, 0.5) is 8.78 Å². The van der Waals surface area contributed by atoms with Gasteiger partial charge in [0.25, 0.3) is 0 Å². The normalized spacial score (nSPS) is 15.9. The molecule has 0 aliphatic heterocycles. The Bertz CT molecular complexity index is 622. The van der Waals surface area contributed by atoms with E-state index in [1.54, 1.807) is 6.33 Å². The summed E-state index contributed by atoms with van der Waals surface area (Å²) < 4.78 is 28.9. The van der Waals surface area contributed by atoms with Gasteiger partial charge in [-0.3, -0.25) is 0 Å². The molecule has 0 fully saturated rings. The molecule has 3 rings (SSSR count). The lowest BCUT2D eigenvalue weighted by atomic mass is 10.0. The highest BCUT2D eigenvalue weighted by Crippen LogP contribution is 2.23. The average molecular weight is 277 g/mol. The molecule has 1 aromatic heterocycles. The van der Waals surface area contributed by atoms with Gasteiger partial charge in [0, 0.05) is 17.8 Å². The van der Waals surface area contributed by atoms with Crippen molar-refractivity contribution >= 4 is 0 Å². The van der Waals surface area contributed by atoms with Crippen molar-refractivity contribution in [2.45, 2.75) is 38.3 Å². The second-order valence-corrected chi connectivity index (χ2v) is 5.27. The molecule has 5 heteroatoms. The molecular weight excluding hydrogens is 260 g/mol. The molecular formula is C15H17F2N3. The number of nitrogens with zero attached hydrogens (tertiary/aromatic N) is 2. The van der Waals surface area contributed by atoms with Crippen molar-refractivity contribution in [1.82, 2.24) is 9.55 Å². The van der Waals surface area contributed by atoms with Crippen molar-refractivity contribution in [3.63, 3.8) is 0 Å². The van der Waals surface area contributed by atoms with Gasteiger partial charge in [-0.25, -0.2) is 13.8 Å². The number of halogens is 2. The fraction of sp³-hybridized carbons (Fsp3) is 0.400. The lowest BCUT2D eigenvalue weighted by Crippen LogP contribution is -2.20. The van der Waals surface area contributed by atoms with E-state index in [-0.39, 0.29) is 5.56 Å². The number of hydrogen-bond donors (Lipinski definition) is 1. The Labute approximate surface area is 116 Å². The Morgan fingerprint density at radius 3 is 2.90 bits per heavy atom. The molecule has 0 saturated carbocycles. The second kappa shape index (κ2) is 5.32. The van der Waals surface area contributed by atoms with E-state index in [2.05, 4.69) is 4.98 Å². The molecule has 0 spiro atoms. The lowest BCUT2D eigenvalue weighted by Gasteiger charge is -2.18. The SMILES string of the molecule is NC(Cn1cnc2c1CCCC2)c1cc(F)ccc1F. The van der Waals surface area contributed by atoms with E-state index in [9.17, 15) is 8.78 Å². The molecule has 1 unspecified atom stereocenters. The first-order valence-corrected chi connectivity index (χ1v) is 6.88. The summed E-state index contributed by atoms with van der Waals surface area (Å²) in [5, 5.41) is 0. The van der Waals surface area contributed by atoms with E-state index in [1.165, 1.54) is 11.8 Å². The Morgan fingerprint density at radius 2 is 2.05 bits per heavy atom. The molecule has 20 heavy (non-hydrogen) atoms. The molecule has 2 N–H and O–H groups in total. The molecule has 1 aliphatic rings. The van der Waals surface area contributed by atoms with Gasteiger partial charge in [-0.15, -0.1) is 0 Å². The van der Waals surface area contributed by atoms with Crippen LogP contribution in [-0.2, 0) is 19.4 Å². The van der Waals surface area contributed by atoms with Crippen LogP contribution in [0.5, 0.6) is 0 Å². The summed E-state index contributed by atoms with van der Waals surface area (Å²) in [5.41, 5.74) is 8.54. The lowest BCUT2D eigenvalue weighted by molar-refractivity contribution is 0.507. The van der Waals surface area contributed by atoms with E-state index in [0.29, 0.717) is 6.54 Å². The summed E-state index contributed by atoms with van der Waals surface area (Å²) in [4.78, 5) is 4.38. The molecule has 1 heterocycles. The molecule has 2 aromatic rings. The van der Waals surface area contributed by atoms with Crippen LogP contribution in [0.1, 0.15) is 35.8 Å². The molecule has 0 bridgehead atoms. The van der Waals surface area contributed by atoms with Gasteiger partial charge in [-0.2, -0.15) is 0 Å². The highest BCUT2D eigenvalue weighted by Gasteiger charge is 2.18. The standard InChI is InChI=1S/C15H17F2N3/c16-10-5-6-12(17)11(7-10)13(18)8-20-9-19-14-3-1-2-4-15(14)20/h5-7,9,13H,1-4,8,18H2. The highest BCUT2D eigenvalue weighted by atomic mass is 19.1. The maximum atomic E-state index is 13.7. The third kappa shape index (κ3) is 2.45. The molecule has 1 atom stereocenters. The van der Waals surface area contributed by atoms with E-state index in [0.717, 1.165) is 43.5 Å². The van der Waals surface area contributed by atoms with Crippen LogP contribution in [0.25, 0.3) is 0 Å². The molecule has 0 amide bonds. The quantitative estimate of drug-likeness (QED) is 0.937. The molecule has 1 aromatic carbocycles. The van der Waals surface area contributed by atoms with Crippen LogP contribution in [0.15, 0.2) is 24.5 Å². The van der Waals surface area contributed by atoms with E-state index in [4.69, 9.17) is 5.73 Å². The summed E-state index contributed by atoms with van der Waals surface area (Å²) in [5.74, 6) is -0.933. The van der Waals surface area contributed by atoms with Gasteiger partial charge in [-0.05, 0) is 43.9 Å². The molecule has 3 nitrogen and oxygen atoms in total. The zero-order valence-corrected chi connectivity index (χ0v) is 11.1. The van der Waals surface area contributed by atoms with Crippen molar-refractivity contribution in [1.29, 1.82) is 0 Å². The maximum absolute atomic E-state index is 13.7. The Morgan fingerprint density at radius 1 is 1.25 bits per heavy atom. The van der Waals surface area contributed by atoms with Gasteiger partial charge in [0.2, 0.25) is 0 Å². The molecule has 1 aliphatic carbocycles. The Balaban J connectivity index is 1.84. The van der Waals surface area contributed by atoms with Crippen LogP contribution in [0.2, 0.25) is 0 Å². The van der Waals surface area contributed by atoms with Crippen LogP contribution in [-0.4, -0.2) is 9.55 Å². The number of aromatic nitrogens is 2. The zero-order valence-electron chi connectivity index (χ0n) is 11.1. The van der Waals surface area contributed by atoms with Crippen molar-refractivity contribution in [3.8, 4) is 0 Å². The van der Waals surface area contributed by atoms with Gasteiger partial charge in [-0.1, -0.05) is 0 Å². The second-order valence-electron chi connectivity index (χ2n) is 5.27. The fourth-order valence-electron chi connectivity index (χ4n) is 2.80. The van der Waals surface area contributed by atoms with Crippen LogP contribution >= 0.6 is 0 Å². The predicted octanol–water partition coefficient (Wildman–Crippen LogP) is 2.74. The van der Waals surface area contributed by atoms with E-state index >= 15 is 0 Å². The van der Waals surface area contributed by atoms with Crippen LogP contribution in [0.3, 0.4) is 0 Å². The van der Waals surface area contributed by atoms with Gasteiger partial charge in [0.05, 0.1) is 18.1 Å². The largest absolute Gasteiger partial charge is 0.332 e. The van der Waals surface area contributed by atoms with Crippen molar-refractivity contribution in [2.75, 3.05) is 0 Å². The monoisotopic (exact) mass is 277 g/mol. The third-order valence-electron chi connectivity index (χ3n) is 3.86. The van der Waals surface area contributed by atoms with Gasteiger partial charge >= 0.3 is 0 Å². The smallest absolute Gasteiger partial charge is 0.128 e. The van der Waals surface area contributed by atoms with Gasteiger partial charge in [0.15, 0.2) is 0 Å². The highest BCUT2D eigenvalue weighted by molar-refractivity contribution is 5.23. The van der Waals surface area contributed by atoms with Gasteiger partial charge in [0.1, 0.15) is 11.6 Å². The van der Waals surface area contributed by atoms with Crippen molar-refractivity contribution in [2.24, 2.45) is 5.73 Å². The number of hydrogen-bond acceptors (Lipinski definition) is 2. The number of nitrogens with two attached hydrogens (primary N) is 1. The summed E-state index contributed by atoms with van der Waals surface area (Å²) in [6, 6.07) is 2.81. The number of aryl methyl sites for hydroxylation is 1. The van der Waals surface area contributed by atoms with E-state index < -0.39 is 17.7 Å². The molecule has 0 radical (unpaired) electrons. The van der Waals surface area contributed by atoms with Gasteiger partial charge < -0.3 is 10.3 Å². The number of fused-ring (bicyclic) bond motifs is 1. The molecule has 106 valence electrons. The number of imidazole rings is 1. The minimum atomic E-state index is -0.578. The van der Waals surface area contributed by atoms with Crippen LogP contribution in [0, 0.1) is 11.6 Å². The van der Waals surface area contributed by atoms with Crippen molar-refractivity contribution < 1.29 is 8.78 Å². The zero-order chi connectivity index (χ0) is 14.1. The average Bonchev–Trinajstić information content (AvgIpc) is 2.85. The number of rotatable bonds is 3. The topological polar surface area (TPSA) is 43.8 Å². The molecule has 0 saturated heterocycles. The Hall–Kier alpha value is -1.75. The first-order chi connectivity index (χ1) is 9.65. The summed E-state index contributed by atoms with van der Waals surface area (Å²) in [6.45, 7) is 0.419. The third-order valence-corrected chi connectivity index (χ3v) is 3.86. The summed E-state index contributed by atoms with van der Waals surface area (Å²) in [6.07, 6.45) is 6.03. The predicted molar refractivity (Wildman–Crippen MR) is 72.2 cm³/mol. The van der Waals surface area contributed by atoms with Crippen molar-refractivity contribution in [3.05, 3.63) is 53.1 Å². The Kier molecular flexibility index (Phi) is 3.53. The van der Waals surface area contributed by atoms with E-state index in [1.807, 2.05) is 4.57 Å². The summed E-state index contributed by atoms with van der Waals surface area (Å²) in [7, 11) is 0. The minimum Gasteiger partial charge on any atom is -0.332 e.